The van der Waals surface area contributed by atoms with E-state index in [0.717, 1.165) is 12.3 Å². The molecule has 1 aliphatic carbocycles. The monoisotopic (exact) mass is 392 g/mol. The molecule has 3 rings (SSSR count). The van der Waals surface area contributed by atoms with Crippen LogP contribution in [0.3, 0.4) is 0 Å². The number of rotatable bonds is 8. The zero-order valence-electron chi connectivity index (χ0n) is 18.3. The Hall–Kier alpha value is -2.09. The van der Waals surface area contributed by atoms with Gasteiger partial charge in [-0.15, -0.1) is 0 Å². The van der Waals surface area contributed by atoms with E-state index in [1.165, 1.54) is 56.1 Å². The van der Waals surface area contributed by atoms with Crippen molar-refractivity contribution in [1.82, 2.24) is 0 Å². The Kier molecular flexibility index (Phi) is 7.91. The van der Waals surface area contributed by atoms with Gasteiger partial charge in [0, 0.05) is 0 Å². The van der Waals surface area contributed by atoms with Crippen LogP contribution in [0.15, 0.2) is 48.5 Å². The Labute approximate surface area is 176 Å². The van der Waals surface area contributed by atoms with Gasteiger partial charge in [-0.3, -0.25) is 0 Å². The highest BCUT2D eigenvalue weighted by Crippen LogP contribution is 2.37. The normalized spacial score (nSPS) is 20.2. The molecule has 1 fully saturated rings. The summed E-state index contributed by atoms with van der Waals surface area (Å²) >= 11 is 0. The summed E-state index contributed by atoms with van der Waals surface area (Å²) in [5.41, 5.74) is 3.28. The van der Waals surface area contributed by atoms with Gasteiger partial charge < -0.3 is 4.74 Å². The van der Waals surface area contributed by atoms with Crippen LogP contribution in [0.2, 0.25) is 0 Å². The van der Waals surface area contributed by atoms with Gasteiger partial charge in [-0.2, -0.15) is 0 Å². The van der Waals surface area contributed by atoms with Crippen molar-refractivity contribution in [3.8, 4) is 5.75 Å². The number of esters is 1. The SMILES string of the molecule is CCCC1CCC(c2ccc(C(=O)Oc3ccc(CC(C)CC)cc3)cc2)CC1. The highest BCUT2D eigenvalue weighted by atomic mass is 16.5. The smallest absolute Gasteiger partial charge is 0.343 e. The van der Waals surface area contributed by atoms with Crippen molar-refractivity contribution in [2.75, 3.05) is 0 Å². The highest BCUT2D eigenvalue weighted by molar-refractivity contribution is 5.91. The summed E-state index contributed by atoms with van der Waals surface area (Å²) < 4.78 is 5.57. The first-order valence-corrected chi connectivity index (χ1v) is 11.5. The molecule has 29 heavy (non-hydrogen) atoms. The molecule has 1 unspecified atom stereocenters. The lowest BCUT2D eigenvalue weighted by atomic mass is 9.77. The maximum Gasteiger partial charge on any atom is 0.343 e. The second-order valence-corrected chi connectivity index (χ2v) is 8.88. The van der Waals surface area contributed by atoms with Crippen molar-refractivity contribution in [3.05, 3.63) is 65.2 Å². The van der Waals surface area contributed by atoms with Crippen molar-refractivity contribution in [2.24, 2.45) is 11.8 Å². The fourth-order valence-corrected chi connectivity index (χ4v) is 4.49. The van der Waals surface area contributed by atoms with Crippen LogP contribution in [0.25, 0.3) is 0 Å². The Morgan fingerprint density at radius 1 is 0.966 bits per heavy atom. The minimum atomic E-state index is -0.280. The van der Waals surface area contributed by atoms with Crippen LogP contribution in [-0.4, -0.2) is 5.97 Å². The molecule has 0 N–H and O–H groups in total. The van der Waals surface area contributed by atoms with Gasteiger partial charge in [0.1, 0.15) is 5.75 Å². The quantitative estimate of drug-likeness (QED) is 0.342. The molecule has 0 amide bonds. The lowest BCUT2D eigenvalue weighted by molar-refractivity contribution is 0.0734. The molecule has 0 radical (unpaired) electrons. The van der Waals surface area contributed by atoms with E-state index in [4.69, 9.17) is 4.74 Å². The van der Waals surface area contributed by atoms with Crippen molar-refractivity contribution >= 4 is 5.97 Å². The molecule has 2 aromatic carbocycles. The van der Waals surface area contributed by atoms with Crippen LogP contribution in [0.4, 0.5) is 0 Å². The lowest BCUT2D eigenvalue weighted by Crippen LogP contribution is -2.13. The molecule has 1 aliphatic rings. The minimum Gasteiger partial charge on any atom is -0.423 e. The fraction of sp³-hybridized carbons (Fsp3) is 0.519. The zero-order chi connectivity index (χ0) is 20.6. The van der Waals surface area contributed by atoms with E-state index in [1.54, 1.807) is 0 Å². The van der Waals surface area contributed by atoms with E-state index in [9.17, 15) is 4.79 Å². The first-order valence-electron chi connectivity index (χ1n) is 11.5. The van der Waals surface area contributed by atoms with Gasteiger partial charge in [0.15, 0.2) is 0 Å². The predicted octanol–water partition coefficient (Wildman–Crippen LogP) is 7.57. The van der Waals surface area contributed by atoms with Gasteiger partial charge in [0.2, 0.25) is 0 Å². The molecule has 1 atom stereocenters. The second-order valence-electron chi connectivity index (χ2n) is 8.88. The third kappa shape index (κ3) is 6.19. The minimum absolute atomic E-state index is 0.280. The predicted molar refractivity (Wildman–Crippen MR) is 121 cm³/mol. The first-order chi connectivity index (χ1) is 14.1. The molecule has 0 spiro atoms. The highest BCUT2D eigenvalue weighted by Gasteiger charge is 2.22. The third-order valence-electron chi connectivity index (χ3n) is 6.58. The molecule has 0 aliphatic heterocycles. The van der Waals surface area contributed by atoms with Gasteiger partial charge in [0.25, 0.3) is 0 Å². The summed E-state index contributed by atoms with van der Waals surface area (Å²) in [6.07, 6.45) is 10.1. The van der Waals surface area contributed by atoms with E-state index in [0.29, 0.717) is 23.1 Å². The molecule has 0 saturated heterocycles. The average Bonchev–Trinajstić information content (AvgIpc) is 2.76. The summed E-state index contributed by atoms with van der Waals surface area (Å²) in [7, 11) is 0. The third-order valence-corrected chi connectivity index (χ3v) is 6.58. The van der Waals surface area contributed by atoms with Crippen LogP contribution in [0, 0.1) is 11.8 Å². The summed E-state index contributed by atoms with van der Waals surface area (Å²) in [6.45, 7) is 6.75. The number of carbonyl (C=O) groups excluding carboxylic acids is 1. The van der Waals surface area contributed by atoms with Crippen molar-refractivity contribution in [2.45, 2.75) is 78.1 Å². The van der Waals surface area contributed by atoms with Gasteiger partial charge in [-0.1, -0.05) is 64.3 Å². The maximum atomic E-state index is 12.5. The molecule has 1 saturated carbocycles. The van der Waals surface area contributed by atoms with E-state index >= 15 is 0 Å². The molecular formula is C27H36O2. The molecule has 0 heterocycles. The molecule has 2 aromatic rings. The van der Waals surface area contributed by atoms with Gasteiger partial charge in [0.05, 0.1) is 5.56 Å². The van der Waals surface area contributed by atoms with Gasteiger partial charge in [-0.05, 0) is 85.3 Å². The lowest BCUT2D eigenvalue weighted by Gasteiger charge is -2.28. The summed E-state index contributed by atoms with van der Waals surface area (Å²) in [5.74, 6) is 2.57. The van der Waals surface area contributed by atoms with Crippen molar-refractivity contribution in [3.63, 3.8) is 0 Å². The number of hydrogen-bond acceptors (Lipinski definition) is 2. The largest absolute Gasteiger partial charge is 0.423 e. The Bertz CT molecular complexity index is 752. The second kappa shape index (κ2) is 10.6. The Balaban J connectivity index is 1.54. The molecular weight excluding hydrogens is 356 g/mol. The fourth-order valence-electron chi connectivity index (χ4n) is 4.49. The standard InChI is InChI=1S/C27H36O2/c1-4-6-21-7-11-23(12-8-21)24-13-15-25(16-14-24)27(28)29-26-17-9-22(10-18-26)19-20(3)5-2/h9-10,13-18,20-21,23H,4-8,11-12,19H2,1-3H3. The van der Waals surface area contributed by atoms with E-state index in [2.05, 4.69) is 45.0 Å². The topological polar surface area (TPSA) is 26.3 Å². The Morgan fingerprint density at radius 2 is 1.62 bits per heavy atom. The molecule has 2 nitrogen and oxygen atoms in total. The molecule has 2 heteroatoms. The number of ether oxygens (including phenoxy) is 1. The van der Waals surface area contributed by atoms with Crippen LogP contribution >= 0.6 is 0 Å². The Morgan fingerprint density at radius 3 is 2.21 bits per heavy atom. The first kappa shape index (κ1) is 21.6. The van der Waals surface area contributed by atoms with Gasteiger partial charge in [-0.25, -0.2) is 4.79 Å². The molecule has 0 aromatic heterocycles. The van der Waals surface area contributed by atoms with Crippen LogP contribution in [0.1, 0.15) is 93.1 Å². The summed E-state index contributed by atoms with van der Waals surface area (Å²) in [4.78, 5) is 12.5. The van der Waals surface area contributed by atoms with E-state index in [1.807, 2.05) is 24.3 Å². The average molecular weight is 393 g/mol. The molecule has 156 valence electrons. The zero-order valence-corrected chi connectivity index (χ0v) is 18.3. The summed E-state index contributed by atoms with van der Waals surface area (Å²) in [5, 5.41) is 0. The number of carbonyl (C=O) groups is 1. The van der Waals surface area contributed by atoms with Crippen molar-refractivity contribution < 1.29 is 9.53 Å². The van der Waals surface area contributed by atoms with Crippen molar-refractivity contribution in [1.29, 1.82) is 0 Å². The van der Waals surface area contributed by atoms with Gasteiger partial charge >= 0.3 is 5.97 Å². The van der Waals surface area contributed by atoms with Crippen LogP contribution in [-0.2, 0) is 6.42 Å². The van der Waals surface area contributed by atoms with Crippen LogP contribution < -0.4 is 4.74 Å². The van der Waals surface area contributed by atoms with Crippen LogP contribution in [0.5, 0.6) is 5.75 Å². The van der Waals surface area contributed by atoms with E-state index in [-0.39, 0.29) is 5.97 Å². The summed E-state index contributed by atoms with van der Waals surface area (Å²) in [6, 6.07) is 16.0. The number of benzene rings is 2. The maximum absolute atomic E-state index is 12.5. The van der Waals surface area contributed by atoms with E-state index < -0.39 is 0 Å². The molecule has 0 bridgehead atoms. The number of hydrogen-bond donors (Lipinski definition) is 0.